The monoisotopic (exact) mass is 291 g/mol. The summed E-state index contributed by atoms with van der Waals surface area (Å²) >= 11 is 0. The lowest BCUT2D eigenvalue weighted by Crippen LogP contribution is -2.33. The molecule has 1 unspecified atom stereocenters. The summed E-state index contributed by atoms with van der Waals surface area (Å²) < 4.78 is 5.20. The van der Waals surface area contributed by atoms with Gasteiger partial charge in [-0.15, -0.1) is 0 Å². The molecule has 2 N–H and O–H groups in total. The third kappa shape index (κ3) is 5.25. The Balaban J connectivity index is 1.65. The third-order valence-corrected chi connectivity index (χ3v) is 3.39. The normalized spacial score (nSPS) is 17.6. The van der Waals surface area contributed by atoms with E-state index in [4.69, 9.17) is 4.74 Å². The van der Waals surface area contributed by atoms with E-state index < -0.39 is 5.60 Å². The number of carbonyl (C=O) groups excluding carboxylic acids is 1. The molecule has 1 aromatic rings. The number of nitrogens with zero attached hydrogens (tertiary/aromatic N) is 1. The van der Waals surface area contributed by atoms with Gasteiger partial charge in [-0.2, -0.15) is 0 Å². The van der Waals surface area contributed by atoms with Crippen molar-refractivity contribution in [3.05, 3.63) is 23.9 Å². The lowest BCUT2D eigenvalue weighted by Gasteiger charge is -2.26. The number of pyridine rings is 1. The van der Waals surface area contributed by atoms with Crippen LogP contribution < -0.4 is 10.6 Å². The fourth-order valence-corrected chi connectivity index (χ4v) is 2.44. The van der Waals surface area contributed by atoms with Crippen molar-refractivity contribution in [3.63, 3.8) is 0 Å². The molecule has 2 heterocycles. The zero-order chi connectivity index (χ0) is 15.3. The van der Waals surface area contributed by atoms with E-state index in [1.165, 1.54) is 5.56 Å². The largest absolute Gasteiger partial charge is 0.444 e. The molecule has 5 nitrogen and oxygen atoms in total. The topological polar surface area (TPSA) is 63.2 Å². The van der Waals surface area contributed by atoms with Crippen LogP contribution in [0.15, 0.2) is 18.3 Å². The molecule has 21 heavy (non-hydrogen) atoms. The van der Waals surface area contributed by atoms with Crippen molar-refractivity contribution >= 4 is 11.9 Å². The van der Waals surface area contributed by atoms with Crippen LogP contribution in [0.25, 0.3) is 0 Å². The first-order valence-electron chi connectivity index (χ1n) is 7.61. The molecule has 1 aliphatic heterocycles. The van der Waals surface area contributed by atoms with Gasteiger partial charge in [-0.05, 0) is 58.1 Å². The van der Waals surface area contributed by atoms with Crippen LogP contribution in [0.5, 0.6) is 0 Å². The Bertz CT molecular complexity index is 483. The van der Waals surface area contributed by atoms with Gasteiger partial charge in [0.25, 0.3) is 0 Å². The first kappa shape index (κ1) is 15.6. The highest BCUT2D eigenvalue weighted by molar-refractivity contribution is 5.67. The lowest BCUT2D eigenvalue weighted by atomic mass is 9.98. The van der Waals surface area contributed by atoms with Gasteiger partial charge in [-0.1, -0.05) is 6.07 Å². The summed E-state index contributed by atoms with van der Waals surface area (Å²) in [5.74, 6) is 1.01. The predicted octanol–water partition coefficient (Wildman–Crippen LogP) is 3.11. The van der Waals surface area contributed by atoms with Crippen molar-refractivity contribution in [2.75, 3.05) is 11.9 Å². The van der Waals surface area contributed by atoms with Gasteiger partial charge in [0.2, 0.25) is 0 Å². The van der Waals surface area contributed by atoms with Crippen molar-refractivity contribution in [2.24, 2.45) is 0 Å². The number of amides is 1. The molecule has 0 saturated carbocycles. The summed E-state index contributed by atoms with van der Waals surface area (Å²) in [4.78, 5) is 15.9. The number of aromatic nitrogens is 1. The fourth-order valence-electron chi connectivity index (χ4n) is 2.44. The highest BCUT2D eigenvalue weighted by Crippen LogP contribution is 2.23. The molecule has 0 spiro atoms. The van der Waals surface area contributed by atoms with Crippen molar-refractivity contribution in [3.8, 4) is 0 Å². The first-order chi connectivity index (χ1) is 9.94. The molecule has 0 saturated heterocycles. The van der Waals surface area contributed by atoms with E-state index in [9.17, 15) is 4.79 Å². The van der Waals surface area contributed by atoms with E-state index >= 15 is 0 Å². The molecule has 0 fully saturated rings. The molecule has 1 aromatic heterocycles. The number of alkyl carbamates (subject to hydrolysis) is 1. The number of aryl methyl sites for hydroxylation is 1. The number of nitrogens with one attached hydrogen (secondary N) is 2. The van der Waals surface area contributed by atoms with Gasteiger partial charge in [-0.25, -0.2) is 9.78 Å². The quantitative estimate of drug-likeness (QED) is 0.837. The van der Waals surface area contributed by atoms with E-state index in [2.05, 4.69) is 21.7 Å². The molecule has 0 radical (unpaired) electrons. The number of hydrogen-bond donors (Lipinski definition) is 2. The second kappa shape index (κ2) is 6.78. The summed E-state index contributed by atoms with van der Waals surface area (Å²) in [6.45, 7) is 6.23. The minimum absolute atomic E-state index is 0.342. The molecule has 0 aliphatic carbocycles. The maximum atomic E-state index is 11.5. The zero-order valence-corrected chi connectivity index (χ0v) is 13.1. The van der Waals surface area contributed by atoms with Gasteiger partial charge >= 0.3 is 6.09 Å². The van der Waals surface area contributed by atoms with Gasteiger partial charge in [0.05, 0.1) is 0 Å². The van der Waals surface area contributed by atoms with E-state index in [0.717, 1.165) is 31.5 Å². The number of ether oxygens (including phenoxy) is 1. The lowest BCUT2D eigenvalue weighted by molar-refractivity contribution is 0.0527. The van der Waals surface area contributed by atoms with E-state index in [0.29, 0.717) is 12.6 Å². The fraction of sp³-hybridized carbons (Fsp3) is 0.625. The Kier molecular flexibility index (Phi) is 5.04. The summed E-state index contributed by atoms with van der Waals surface area (Å²) in [7, 11) is 0. The molecule has 116 valence electrons. The maximum absolute atomic E-state index is 11.5. The first-order valence-corrected chi connectivity index (χ1v) is 7.61. The third-order valence-electron chi connectivity index (χ3n) is 3.39. The van der Waals surface area contributed by atoms with Gasteiger partial charge in [0, 0.05) is 18.8 Å². The van der Waals surface area contributed by atoms with E-state index in [1.54, 1.807) is 0 Å². The van der Waals surface area contributed by atoms with Gasteiger partial charge in [0.1, 0.15) is 11.4 Å². The highest BCUT2D eigenvalue weighted by Gasteiger charge is 2.18. The molecule has 2 rings (SSSR count). The van der Waals surface area contributed by atoms with Crippen LogP contribution in [-0.4, -0.2) is 29.3 Å². The predicted molar refractivity (Wildman–Crippen MR) is 83.4 cm³/mol. The molecule has 1 aliphatic rings. The maximum Gasteiger partial charge on any atom is 0.407 e. The van der Waals surface area contributed by atoms with Gasteiger partial charge in [0.15, 0.2) is 0 Å². The smallest absolute Gasteiger partial charge is 0.407 e. The van der Waals surface area contributed by atoms with E-state index in [-0.39, 0.29) is 6.09 Å². The van der Waals surface area contributed by atoms with E-state index in [1.807, 2.05) is 33.0 Å². The molecular weight excluding hydrogens is 266 g/mol. The molecule has 1 atom stereocenters. The summed E-state index contributed by atoms with van der Waals surface area (Å²) in [5, 5.41) is 6.26. The standard InChI is InChI=1S/C16H25N3O2/c1-16(2,3)21-15(20)18-11-5-7-13-9-8-12-6-4-10-17-14(12)19-13/h4,6,10,13H,5,7-9,11H2,1-3H3,(H,17,19)(H,18,20). The molecular formula is C16H25N3O2. The SMILES string of the molecule is CC(C)(C)OC(=O)NCCCC1CCc2cccnc2N1. The van der Waals surface area contributed by atoms with Crippen molar-refractivity contribution in [1.82, 2.24) is 10.3 Å². The Morgan fingerprint density at radius 3 is 3.10 bits per heavy atom. The number of rotatable bonds is 4. The van der Waals surface area contributed by atoms with Crippen molar-refractivity contribution in [1.29, 1.82) is 0 Å². The average molecular weight is 291 g/mol. The van der Waals surface area contributed by atoms with Crippen LogP contribution in [0, 0.1) is 0 Å². The summed E-state index contributed by atoms with van der Waals surface area (Å²) in [6.07, 6.45) is 5.61. The zero-order valence-electron chi connectivity index (χ0n) is 13.1. The Hall–Kier alpha value is -1.78. The number of fused-ring (bicyclic) bond motifs is 1. The number of carbonyl (C=O) groups is 1. The minimum Gasteiger partial charge on any atom is -0.444 e. The average Bonchev–Trinajstić information content (AvgIpc) is 2.41. The highest BCUT2D eigenvalue weighted by atomic mass is 16.6. The number of hydrogen-bond acceptors (Lipinski definition) is 4. The van der Waals surface area contributed by atoms with Crippen LogP contribution in [-0.2, 0) is 11.2 Å². The van der Waals surface area contributed by atoms with Gasteiger partial charge < -0.3 is 15.4 Å². The van der Waals surface area contributed by atoms with Crippen LogP contribution in [0.3, 0.4) is 0 Å². The van der Waals surface area contributed by atoms with Crippen molar-refractivity contribution < 1.29 is 9.53 Å². The second-order valence-electron chi connectivity index (χ2n) is 6.46. The summed E-state index contributed by atoms with van der Waals surface area (Å²) in [5.41, 5.74) is 0.852. The Morgan fingerprint density at radius 2 is 2.33 bits per heavy atom. The Morgan fingerprint density at radius 1 is 1.52 bits per heavy atom. The van der Waals surface area contributed by atoms with Crippen LogP contribution in [0.4, 0.5) is 10.6 Å². The summed E-state index contributed by atoms with van der Waals surface area (Å²) in [6, 6.07) is 4.54. The molecule has 1 amide bonds. The Labute approximate surface area is 126 Å². The van der Waals surface area contributed by atoms with Crippen molar-refractivity contribution in [2.45, 2.75) is 58.1 Å². The molecule has 0 aromatic carbocycles. The second-order valence-corrected chi connectivity index (χ2v) is 6.46. The van der Waals surface area contributed by atoms with Crippen LogP contribution in [0.1, 0.15) is 45.6 Å². The van der Waals surface area contributed by atoms with Crippen LogP contribution >= 0.6 is 0 Å². The molecule has 0 bridgehead atoms. The molecule has 5 heteroatoms. The minimum atomic E-state index is -0.440. The number of anilines is 1. The van der Waals surface area contributed by atoms with Gasteiger partial charge in [-0.3, -0.25) is 0 Å². The van der Waals surface area contributed by atoms with Crippen LogP contribution in [0.2, 0.25) is 0 Å².